The van der Waals surface area contributed by atoms with Crippen molar-refractivity contribution in [2.75, 3.05) is 23.0 Å². The molecule has 2 spiro atoms. The lowest BCUT2D eigenvalue weighted by Gasteiger charge is -2.37. The van der Waals surface area contributed by atoms with Gasteiger partial charge in [0.25, 0.3) is 0 Å². The van der Waals surface area contributed by atoms with Gasteiger partial charge < -0.3 is 0 Å². The molecule has 2 saturated heterocycles. The van der Waals surface area contributed by atoms with Crippen molar-refractivity contribution >= 4 is 74.3 Å². The van der Waals surface area contributed by atoms with Crippen LogP contribution >= 0.6 is 74.3 Å². The smallest absolute Gasteiger partial charge is 0.201 e. The Labute approximate surface area is 139 Å². The fourth-order valence-corrected chi connectivity index (χ4v) is 12.2. The van der Waals surface area contributed by atoms with Gasteiger partial charge in [-0.25, -0.2) is 8.78 Å². The second-order valence-electron chi connectivity index (χ2n) is 4.50. The molecule has 104 valence electrons. The molecule has 8 heteroatoms. The number of alkyl halides is 2. The molecule has 4 rings (SSSR count). The number of hydrogen-bond donors (Lipinski definition) is 0. The minimum absolute atomic E-state index is 0.813. The first-order valence-corrected chi connectivity index (χ1v) is 11.4. The summed E-state index contributed by atoms with van der Waals surface area (Å²) < 4.78 is 29.5. The zero-order valence-electron chi connectivity index (χ0n) is 9.58. The molecule has 0 saturated carbocycles. The highest BCUT2D eigenvalue weighted by molar-refractivity contribution is 9.11. The Balaban J connectivity index is 2.01. The zero-order chi connectivity index (χ0) is 13.3. The lowest BCUT2D eigenvalue weighted by Crippen LogP contribution is -2.44. The number of halogens is 3. The Morgan fingerprint density at radius 1 is 0.947 bits per heavy atom. The Bertz CT molecular complexity index is 531. The molecule has 2 fully saturated rings. The average Bonchev–Trinajstić information content (AvgIpc) is 3.08. The molecular formula is C11H9BrF2S5. The standard InChI is InChI=1S/C11H9BrF2S5/c12-8-7-6(5-15-8)9(16-1-2-17-9)11(13,14)10(7)18-3-4-19-10/h5H,1-4H2. The molecule has 1 aliphatic carbocycles. The lowest BCUT2D eigenvalue weighted by molar-refractivity contribution is -0.0130. The van der Waals surface area contributed by atoms with E-state index in [9.17, 15) is 0 Å². The summed E-state index contributed by atoms with van der Waals surface area (Å²) >= 11 is 10.9. The van der Waals surface area contributed by atoms with Crippen LogP contribution in [0.2, 0.25) is 0 Å². The summed E-state index contributed by atoms with van der Waals surface area (Å²) in [5.74, 6) is 0.566. The molecule has 1 aromatic rings. The Hall–Kier alpha value is 1.44. The van der Waals surface area contributed by atoms with E-state index in [1.807, 2.05) is 5.38 Å². The van der Waals surface area contributed by atoms with Gasteiger partial charge in [-0.2, -0.15) is 0 Å². The van der Waals surface area contributed by atoms with Gasteiger partial charge in [0.05, 0.1) is 3.79 Å². The normalized spacial score (nSPS) is 29.4. The summed E-state index contributed by atoms with van der Waals surface area (Å²) in [4.78, 5) is 0. The SMILES string of the molecule is FC1(F)C2(SCCS2)c2csc(Br)c2C12SCCS2. The largest absolute Gasteiger partial charge is 0.303 e. The van der Waals surface area contributed by atoms with Crippen molar-refractivity contribution < 1.29 is 8.78 Å². The predicted molar refractivity (Wildman–Crippen MR) is 90.2 cm³/mol. The summed E-state index contributed by atoms with van der Waals surface area (Å²) in [6.45, 7) is 0. The number of thioether (sulfide) groups is 4. The van der Waals surface area contributed by atoms with Crippen LogP contribution in [0.15, 0.2) is 9.17 Å². The molecule has 0 N–H and O–H groups in total. The van der Waals surface area contributed by atoms with Crippen LogP contribution in [0.3, 0.4) is 0 Å². The van der Waals surface area contributed by atoms with Crippen molar-refractivity contribution in [1.29, 1.82) is 0 Å². The van der Waals surface area contributed by atoms with Gasteiger partial charge in [-0.1, -0.05) is 0 Å². The summed E-state index contributed by atoms with van der Waals surface area (Å²) in [6, 6.07) is 0. The molecule has 1 aromatic heterocycles. The Morgan fingerprint density at radius 3 is 2.05 bits per heavy atom. The molecule has 2 aliphatic heterocycles. The molecule has 0 atom stereocenters. The predicted octanol–water partition coefficient (Wildman–Crippen LogP) is 5.43. The van der Waals surface area contributed by atoms with E-state index in [0.29, 0.717) is 0 Å². The van der Waals surface area contributed by atoms with Crippen LogP contribution in [0, 0.1) is 0 Å². The average molecular weight is 419 g/mol. The highest BCUT2D eigenvalue weighted by Crippen LogP contribution is 2.79. The first kappa shape index (κ1) is 14.1. The van der Waals surface area contributed by atoms with Crippen molar-refractivity contribution in [2.24, 2.45) is 0 Å². The number of thiophene rings is 1. The van der Waals surface area contributed by atoms with Crippen molar-refractivity contribution in [2.45, 2.75) is 14.1 Å². The van der Waals surface area contributed by atoms with Crippen LogP contribution in [-0.4, -0.2) is 28.9 Å². The second-order valence-corrected chi connectivity index (χ2v) is 12.5. The molecule has 19 heavy (non-hydrogen) atoms. The van der Waals surface area contributed by atoms with Gasteiger partial charge in [0, 0.05) is 34.1 Å². The molecule has 0 amide bonds. The molecule has 0 unspecified atom stereocenters. The van der Waals surface area contributed by atoms with Crippen molar-refractivity contribution in [1.82, 2.24) is 0 Å². The van der Waals surface area contributed by atoms with Gasteiger partial charge in [0.2, 0.25) is 0 Å². The molecule has 3 aliphatic rings. The number of rotatable bonds is 0. The molecule has 0 nitrogen and oxygen atoms in total. The van der Waals surface area contributed by atoms with E-state index in [1.54, 1.807) is 11.3 Å². The minimum Gasteiger partial charge on any atom is -0.201 e. The monoisotopic (exact) mass is 418 g/mol. The van der Waals surface area contributed by atoms with Gasteiger partial charge in [0.1, 0.15) is 0 Å². The van der Waals surface area contributed by atoms with Gasteiger partial charge in [-0.05, 0) is 21.3 Å². The van der Waals surface area contributed by atoms with Crippen LogP contribution in [0.4, 0.5) is 8.78 Å². The topological polar surface area (TPSA) is 0 Å². The highest BCUT2D eigenvalue weighted by Gasteiger charge is 2.77. The molecule has 0 aromatic carbocycles. The van der Waals surface area contributed by atoms with Crippen LogP contribution in [0.25, 0.3) is 0 Å². The third-order valence-corrected chi connectivity index (χ3v) is 12.4. The lowest BCUT2D eigenvalue weighted by atomic mass is 10.2. The van der Waals surface area contributed by atoms with Crippen molar-refractivity contribution in [3.8, 4) is 0 Å². The third kappa shape index (κ3) is 1.52. The summed E-state index contributed by atoms with van der Waals surface area (Å²) in [5, 5.41) is 1.95. The van der Waals surface area contributed by atoms with E-state index in [2.05, 4.69) is 15.9 Å². The van der Waals surface area contributed by atoms with Crippen LogP contribution in [0.1, 0.15) is 11.1 Å². The maximum absolute atomic E-state index is 15.4. The van der Waals surface area contributed by atoms with Crippen LogP contribution in [-0.2, 0) is 8.16 Å². The van der Waals surface area contributed by atoms with Crippen LogP contribution < -0.4 is 0 Å². The minimum atomic E-state index is -2.70. The zero-order valence-corrected chi connectivity index (χ0v) is 15.2. The van der Waals surface area contributed by atoms with E-state index in [4.69, 9.17) is 0 Å². The first-order chi connectivity index (χ1) is 9.05. The van der Waals surface area contributed by atoms with E-state index in [1.165, 1.54) is 47.0 Å². The first-order valence-electron chi connectivity index (χ1n) is 5.77. The Kier molecular flexibility index (Phi) is 3.31. The quantitative estimate of drug-likeness (QED) is 0.550. The molecule has 0 bridgehead atoms. The number of hydrogen-bond acceptors (Lipinski definition) is 5. The fraction of sp³-hybridized carbons (Fsp3) is 0.636. The highest BCUT2D eigenvalue weighted by atomic mass is 79.9. The maximum atomic E-state index is 15.4. The van der Waals surface area contributed by atoms with Gasteiger partial charge in [-0.3, -0.25) is 0 Å². The summed E-state index contributed by atoms with van der Waals surface area (Å²) in [7, 11) is 0. The second kappa shape index (κ2) is 4.47. The summed E-state index contributed by atoms with van der Waals surface area (Å²) in [5.41, 5.74) is 1.75. The third-order valence-electron chi connectivity index (χ3n) is 3.64. The van der Waals surface area contributed by atoms with Gasteiger partial charge >= 0.3 is 5.92 Å². The maximum Gasteiger partial charge on any atom is 0.303 e. The van der Waals surface area contributed by atoms with Gasteiger partial charge in [0.15, 0.2) is 8.16 Å². The van der Waals surface area contributed by atoms with E-state index in [-0.39, 0.29) is 0 Å². The van der Waals surface area contributed by atoms with Gasteiger partial charge in [-0.15, -0.1) is 58.4 Å². The molecular weight excluding hydrogens is 410 g/mol. The summed E-state index contributed by atoms with van der Waals surface area (Å²) in [6.07, 6.45) is 0. The fourth-order valence-electron chi connectivity index (χ4n) is 2.91. The van der Waals surface area contributed by atoms with E-state index < -0.39 is 14.1 Å². The Morgan fingerprint density at radius 2 is 1.47 bits per heavy atom. The van der Waals surface area contributed by atoms with E-state index >= 15 is 8.78 Å². The van der Waals surface area contributed by atoms with Crippen molar-refractivity contribution in [3.05, 3.63) is 20.3 Å². The molecule has 3 heterocycles. The van der Waals surface area contributed by atoms with E-state index in [0.717, 1.165) is 37.9 Å². The van der Waals surface area contributed by atoms with Crippen molar-refractivity contribution in [3.63, 3.8) is 0 Å². The number of fused-ring (bicyclic) bond motifs is 3. The van der Waals surface area contributed by atoms with Crippen LogP contribution in [0.5, 0.6) is 0 Å². The molecule has 0 radical (unpaired) electrons.